The molecule has 1 aliphatic rings. The lowest BCUT2D eigenvalue weighted by molar-refractivity contribution is -0.118. The highest BCUT2D eigenvalue weighted by Crippen LogP contribution is 2.30. The van der Waals surface area contributed by atoms with Crippen molar-refractivity contribution in [2.75, 3.05) is 18.0 Å². The van der Waals surface area contributed by atoms with Crippen molar-refractivity contribution in [2.24, 2.45) is 0 Å². The number of aryl methyl sites for hydroxylation is 2. The molecule has 3 rings (SSSR count). The molecule has 1 saturated heterocycles. The van der Waals surface area contributed by atoms with Crippen molar-refractivity contribution >= 4 is 22.9 Å². The summed E-state index contributed by atoms with van der Waals surface area (Å²) in [5.41, 5.74) is 3.48. The van der Waals surface area contributed by atoms with Gasteiger partial charge in [-0.1, -0.05) is 24.3 Å². The van der Waals surface area contributed by atoms with Gasteiger partial charge in [0.2, 0.25) is 5.91 Å². The van der Waals surface area contributed by atoms with Crippen molar-refractivity contribution in [1.82, 2.24) is 5.32 Å². The number of hydrogen-bond acceptors (Lipinski definition) is 3. The van der Waals surface area contributed by atoms with Gasteiger partial charge >= 0.3 is 0 Å². The Morgan fingerprint density at radius 3 is 2.48 bits per heavy atom. The number of thiophene rings is 1. The molecule has 0 aliphatic carbocycles. The molecule has 0 spiro atoms. The number of benzene rings is 1. The van der Waals surface area contributed by atoms with Gasteiger partial charge in [0.25, 0.3) is 0 Å². The maximum absolute atomic E-state index is 13.1. The van der Waals surface area contributed by atoms with E-state index in [9.17, 15) is 4.79 Å². The van der Waals surface area contributed by atoms with E-state index in [4.69, 9.17) is 0 Å². The summed E-state index contributed by atoms with van der Waals surface area (Å²) < 4.78 is 0. The molecular weight excluding hydrogens is 304 g/mol. The second-order valence-corrected chi connectivity index (χ2v) is 7.27. The Bertz CT molecular complexity index is 640. The van der Waals surface area contributed by atoms with Crippen LogP contribution in [0.25, 0.3) is 0 Å². The van der Waals surface area contributed by atoms with E-state index in [1.54, 1.807) is 11.3 Å². The molecule has 0 atom stereocenters. The summed E-state index contributed by atoms with van der Waals surface area (Å²) in [5.74, 6) is 0.219. The van der Waals surface area contributed by atoms with Gasteiger partial charge in [-0.05, 0) is 62.4 Å². The molecule has 2 heterocycles. The molecule has 3 nitrogen and oxygen atoms in total. The molecule has 1 aromatic carbocycles. The van der Waals surface area contributed by atoms with Gasteiger partial charge < -0.3 is 10.2 Å². The van der Waals surface area contributed by atoms with Gasteiger partial charge in [0.1, 0.15) is 0 Å². The number of hydrogen-bond donors (Lipinski definition) is 1. The minimum absolute atomic E-state index is 0.219. The highest BCUT2D eigenvalue weighted by atomic mass is 32.1. The summed E-state index contributed by atoms with van der Waals surface area (Å²) in [7, 11) is 0. The van der Waals surface area contributed by atoms with E-state index in [0.717, 1.165) is 36.5 Å². The van der Waals surface area contributed by atoms with Gasteiger partial charge in [-0.2, -0.15) is 0 Å². The van der Waals surface area contributed by atoms with E-state index in [0.29, 0.717) is 12.5 Å². The minimum Gasteiger partial charge on any atom is -0.317 e. The molecule has 0 unspecified atom stereocenters. The molecule has 23 heavy (non-hydrogen) atoms. The Balaban J connectivity index is 1.94. The molecule has 122 valence electrons. The third-order valence-electron chi connectivity index (χ3n) is 4.53. The van der Waals surface area contributed by atoms with E-state index in [1.807, 2.05) is 17.5 Å². The third kappa shape index (κ3) is 3.65. The Hall–Kier alpha value is -1.65. The van der Waals surface area contributed by atoms with Crippen LogP contribution < -0.4 is 10.2 Å². The topological polar surface area (TPSA) is 32.3 Å². The van der Waals surface area contributed by atoms with Crippen LogP contribution in [-0.4, -0.2) is 25.0 Å². The Morgan fingerprint density at radius 2 is 1.87 bits per heavy atom. The van der Waals surface area contributed by atoms with Crippen LogP contribution in [0.1, 0.15) is 28.8 Å². The standard InChI is InChI=1S/C19H24N2OS/c1-14-5-3-6-15(2)19(14)21(16-8-10-20-11-9-16)18(22)13-17-7-4-12-23-17/h3-7,12,16,20H,8-11,13H2,1-2H3. The second-order valence-electron chi connectivity index (χ2n) is 6.24. The quantitative estimate of drug-likeness (QED) is 0.928. The summed E-state index contributed by atoms with van der Waals surface area (Å²) in [4.78, 5) is 16.4. The fourth-order valence-electron chi connectivity index (χ4n) is 3.41. The second kappa shape index (κ2) is 7.28. The first kappa shape index (κ1) is 16.2. The van der Waals surface area contributed by atoms with Crippen molar-refractivity contribution in [2.45, 2.75) is 39.2 Å². The monoisotopic (exact) mass is 328 g/mol. The van der Waals surface area contributed by atoms with E-state index < -0.39 is 0 Å². The Labute approximate surface area is 142 Å². The first-order valence-corrected chi connectivity index (χ1v) is 9.16. The molecule has 4 heteroatoms. The predicted octanol–water partition coefficient (Wildman–Crippen LogP) is 3.69. The maximum atomic E-state index is 13.1. The molecule has 2 aromatic rings. The number of piperidine rings is 1. The van der Waals surface area contributed by atoms with Crippen molar-refractivity contribution < 1.29 is 4.79 Å². The fraction of sp³-hybridized carbons (Fsp3) is 0.421. The van der Waals surface area contributed by atoms with Crippen LogP contribution >= 0.6 is 11.3 Å². The number of para-hydroxylation sites is 1. The number of carbonyl (C=O) groups is 1. The molecule has 0 bridgehead atoms. The Morgan fingerprint density at radius 1 is 1.17 bits per heavy atom. The zero-order valence-corrected chi connectivity index (χ0v) is 14.7. The predicted molar refractivity (Wildman–Crippen MR) is 97.3 cm³/mol. The van der Waals surface area contributed by atoms with Crippen molar-refractivity contribution in [1.29, 1.82) is 0 Å². The van der Waals surface area contributed by atoms with Crippen LogP contribution in [0, 0.1) is 13.8 Å². The van der Waals surface area contributed by atoms with Gasteiger partial charge in [0.15, 0.2) is 0 Å². The van der Waals surface area contributed by atoms with Crippen LogP contribution in [0.3, 0.4) is 0 Å². The van der Waals surface area contributed by atoms with Gasteiger partial charge in [0, 0.05) is 16.6 Å². The van der Waals surface area contributed by atoms with Crippen molar-refractivity contribution in [3.05, 3.63) is 51.7 Å². The van der Waals surface area contributed by atoms with Gasteiger partial charge in [-0.15, -0.1) is 11.3 Å². The van der Waals surface area contributed by atoms with Crippen molar-refractivity contribution in [3.8, 4) is 0 Å². The third-order valence-corrected chi connectivity index (χ3v) is 5.40. The zero-order chi connectivity index (χ0) is 16.2. The summed E-state index contributed by atoms with van der Waals surface area (Å²) in [5, 5.41) is 5.44. The largest absolute Gasteiger partial charge is 0.317 e. The van der Waals surface area contributed by atoms with E-state index in [2.05, 4.69) is 42.3 Å². The summed E-state index contributed by atoms with van der Waals surface area (Å²) in [6, 6.07) is 10.6. The average molecular weight is 328 g/mol. The van der Waals surface area contributed by atoms with Crippen LogP contribution in [-0.2, 0) is 11.2 Å². The lowest BCUT2D eigenvalue weighted by Crippen LogP contribution is -2.47. The van der Waals surface area contributed by atoms with E-state index in [-0.39, 0.29) is 5.91 Å². The smallest absolute Gasteiger partial charge is 0.232 e. The molecule has 0 saturated carbocycles. The van der Waals surface area contributed by atoms with E-state index in [1.165, 1.54) is 11.1 Å². The highest BCUT2D eigenvalue weighted by molar-refractivity contribution is 7.10. The maximum Gasteiger partial charge on any atom is 0.232 e. The molecule has 1 aromatic heterocycles. The number of carbonyl (C=O) groups excluding carboxylic acids is 1. The summed E-state index contributed by atoms with van der Waals surface area (Å²) >= 11 is 1.66. The molecule has 1 fully saturated rings. The fourth-order valence-corrected chi connectivity index (χ4v) is 4.10. The Kier molecular flexibility index (Phi) is 5.13. The number of rotatable bonds is 4. The minimum atomic E-state index is 0.219. The van der Waals surface area contributed by atoms with Crippen LogP contribution in [0.2, 0.25) is 0 Å². The summed E-state index contributed by atoms with van der Waals surface area (Å²) in [6.45, 7) is 6.18. The first-order chi connectivity index (χ1) is 11.2. The molecule has 1 amide bonds. The van der Waals surface area contributed by atoms with Crippen LogP contribution in [0.4, 0.5) is 5.69 Å². The van der Waals surface area contributed by atoms with Crippen LogP contribution in [0.15, 0.2) is 35.7 Å². The van der Waals surface area contributed by atoms with E-state index >= 15 is 0 Å². The molecule has 1 N–H and O–H groups in total. The zero-order valence-electron chi connectivity index (χ0n) is 13.8. The number of amides is 1. The SMILES string of the molecule is Cc1cccc(C)c1N(C(=O)Cc1cccs1)C1CCNCC1. The molecule has 0 radical (unpaired) electrons. The molecule has 1 aliphatic heterocycles. The van der Waals surface area contributed by atoms with Crippen LogP contribution in [0.5, 0.6) is 0 Å². The first-order valence-electron chi connectivity index (χ1n) is 8.28. The number of nitrogens with one attached hydrogen (secondary N) is 1. The highest BCUT2D eigenvalue weighted by Gasteiger charge is 2.28. The normalized spacial score (nSPS) is 15.6. The number of anilines is 1. The van der Waals surface area contributed by atoms with Crippen molar-refractivity contribution in [3.63, 3.8) is 0 Å². The van der Waals surface area contributed by atoms with Gasteiger partial charge in [-0.25, -0.2) is 0 Å². The van der Waals surface area contributed by atoms with Gasteiger partial charge in [-0.3, -0.25) is 4.79 Å². The van der Waals surface area contributed by atoms with Gasteiger partial charge in [0.05, 0.1) is 6.42 Å². The lowest BCUT2D eigenvalue weighted by atomic mass is 9.99. The summed E-state index contributed by atoms with van der Waals surface area (Å²) in [6.07, 6.45) is 2.53. The average Bonchev–Trinajstić information content (AvgIpc) is 3.04. The number of nitrogens with zero attached hydrogens (tertiary/aromatic N) is 1. The lowest BCUT2D eigenvalue weighted by Gasteiger charge is -2.36. The molecular formula is C19H24N2OS.